The van der Waals surface area contributed by atoms with Gasteiger partial charge in [0.1, 0.15) is 5.82 Å². The zero-order valence-electron chi connectivity index (χ0n) is 13.0. The van der Waals surface area contributed by atoms with Crippen molar-refractivity contribution < 1.29 is 0 Å². The van der Waals surface area contributed by atoms with Crippen molar-refractivity contribution in [3.63, 3.8) is 0 Å². The molecule has 0 saturated heterocycles. The first kappa shape index (κ1) is 15.3. The molecular formula is C17H21BrN4. The molecule has 1 aromatic carbocycles. The predicted molar refractivity (Wildman–Crippen MR) is 94.3 cm³/mol. The van der Waals surface area contributed by atoms with Crippen molar-refractivity contribution in [1.29, 1.82) is 0 Å². The van der Waals surface area contributed by atoms with Crippen LogP contribution in [0.2, 0.25) is 0 Å². The predicted octanol–water partition coefficient (Wildman–Crippen LogP) is 4.01. The number of hydrogen-bond donors (Lipinski definition) is 1. The zero-order valence-corrected chi connectivity index (χ0v) is 14.6. The maximum absolute atomic E-state index is 4.67. The molecule has 1 aliphatic heterocycles. The van der Waals surface area contributed by atoms with Crippen molar-refractivity contribution in [2.45, 2.75) is 39.3 Å². The Hall–Kier alpha value is -1.62. The Morgan fingerprint density at radius 2 is 2.18 bits per heavy atom. The zero-order chi connectivity index (χ0) is 15.5. The first-order valence-corrected chi connectivity index (χ1v) is 8.57. The number of anilines is 2. The molecule has 0 aliphatic carbocycles. The van der Waals surface area contributed by atoms with Gasteiger partial charge in [-0.3, -0.25) is 0 Å². The van der Waals surface area contributed by atoms with E-state index in [-0.39, 0.29) is 0 Å². The molecule has 3 rings (SSSR count). The minimum absolute atomic E-state index is 0.383. The third-order valence-electron chi connectivity index (χ3n) is 4.13. The van der Waals surface area contributed by atoms with Gasteiger partial charge in [0, 0.05) is 29.8 Å². The van der Waals surface area contributed by atoms with Crippen LogP contribution in [0.1, 0.15) is 31.4 Å². The van der Waals surface area contributed by atoms with Crippen LogP contribution in [0.4, 0.5) is 11.8 Å². The maximum atomic E-state index is 4.67. The van der Waals surface area contributed by atoms with Crippen LogP contribution < -0.4 is 10.2 Å². The second-order valence-electron chi connectivity index (χ2n) is 5.78. The van der Waals surface area contributed by atoms with E-state index in [1.165, 1.54) is 11.1 Å². The van der Waals surface area contributed by atoms with Crippen LogP contribution in [0.3, 0.4) is 0 Å². The highest BCUT2D eigenvalue weighted by Gasteiger charge is 2.18. The van der Waals surface area contributed by atoms with Gasteiger partial charge in [-0.2, -0.15) is 4.98 Å². The lowest BCUT2D eigenvalue weighted by molar-refractivity contribution is 0.714. The van der Waals surface area contributed by atoms with Gasteiger partial charge in [-0.15, -0.1) is 0 Å². The molecule has 0 fully saturated rings. The summed E-state index contributed by atoms with van der Waals surface area (Å²) in [5, 5.41) is 3.34. The molecule has 2 heterocycles. The molecular weight excluding hydrogens is 340 g/mol. The van der Waals surface area contributed by atoms with E-state index >= 15 is 0 Å². The van der Waals surface area contributed by atoms with Gasteiger partial charge < -0.3 is 10.2 Å². The smallest absolute Gasteiger partial charge is 0.224 e. The molecule has 4 nitrogen and oxygen atoms in total. The Balaban J connectivity index is 1.79. The molecule has 0 bridgehead atoms. The lowest BCUT2D eigenvalue weighted by Crippen LogP contribution is -2.31. The quantitative estimate of drug-likeness (QED) is 0.893. The van der Waals surface area contributed by atoms with Crippen molar-refractivity contribution in [1.82, 2.24) is 9.97 Å². The average molecular weight is 361 g/mol. The van der Waals surface area contributed by atoms with Crippen molar-refractivity contribution >= 4 is 27.7 Å². The number of aromatic nitrogens is 2. The lowest BCUT2D eigenvalue weighted by Gasteiger charge is -2.30. The Kier molecular flexibility index (Phi) is 4.62. The normalized spacial score (nSPS) is 15.3. The highest BCUT2D eigenvalue weighted by Crippen LogP contribution is 2.26. The topological polar surface area (TPSA) is 41.1 Å². The van der Waals surface area contributed by atoms with Crippen LogP contribution in [0, 0.1) is 0 Å². The molecule has 1 aromatic heterocycles. The number of halogens is 1. The number of benzene rings is 1. The van der Waals surface area contributed by atoms with Crippen molar-refractivity contribution in [3.05, 3.63) is 46.1 Å². The lowest BCUT2D eigenvalue weighted by atomic mass is 10.00. The summed E-state index contributed by atoms with van der Waals surface area (Å²) in [6.45, 7) is 6.19. The molecule has 0 amide bonds. The largest absolute Gasteiger partial charge is 0.352 e. The van der Waals surface area contributed by atoms with Gasteiger partial charge in [0.2, 0.25) is 5.95 Å². The van der Waals surface area contributed by atoms with Crippen LogP contribution in [0.5, 0.6) is 0 Å². The summed E-state index contributed by atoms with van der Waals surface area (Å²) < 4.78 is 1.13. The Morgan fingerprint density at radius 3 is 3.00 bits per heavy atom. The Labute approximate surface area is 140 Å². The summed E-state index contributed by atoms with van der Waals surface area (Å²) in [6, 6.07) is 8.92. The maximum Gasteiger partial charge on any atom is 0.224 e. The first-order chi connectivity index (χ1) is 10.7. The van der Waals surface area contributed by atoms with Crippen LogP contribution in [-0.4, -0.2) is 22.6 Å². The van der Waals surface area contributed by atoms with Crippen molar-refractivity contribution in [3.8, 4) is 0 Å². The molecule has 0 spiro atoms. The summed E-state index contributed by atoms with van der Waals surface area (Å²) in [5.74, 6) is 1.71. The molecule has 116 valence electrons. The minimum atomic E-state index is 0.383. The van der Waals surface area contributed by atoms with Crippen LogP contribution in [0.25, 0.3) is 0 Å². The fourth-order valence-electron chi connectivity index (χ4n) is 2.64. The van der Waals surface area contributed by atoms with Gasteiger partial charge in [0.05, 0.1) is 0 Å². The van der Waals surface area contributed by atoms with Gasteiger partial charge in [0.25, 0.3) is 0 Å². The van der Waals surface area contributed by atoms with E-state index in [2.05, 4.69) is 68.2 Å². The van der Waals surface area contributed by atoms with Gasteiger partial charge in [-0.1, -0.05) is 28.9 Å². The van der Waals surface area contributed by atoms with Crippen molar-refractivity contribution in [2.75, 3.05) is 16.8 Å². The highest BCUT2D eigenvalue weighted by molar-refractivity contribution is 9.10. The van der Waals surface area contributed by atoms with Crippen LogP contribution in [0.15, 0.2) is 34.9 Å². The number of rotatable bonds is 4. The molecule has 1 N–H and O–H groups in total. The molecule has 1 aliphatic rings. The first-order valence-electron chi connectivity index (χ1n) is 7.77. The molecule has 5 heteroatoms. The molecule has 0 unspecified atom stereocenters. The fraction of sp³-hybridized carbons (Fsp3) is 0.412. The number of fused-ring (bicyclic) bond motifs is 1. The SMILES string of the molecule is CC[C@@H](C)Nc1nccc(N2CCc3ccc(Br)cc3C2)n1. The summed E-state index contributed by atoms with van der Waals surface area (Å²) >= 11 is 3.56. The fourth-order valence-corrected chi connectivity index (χ4v) is 3.05. The molecule has 1 atom stereocenters. The number of hydrogen-bond acceptors (Lipinski definition) is 4. The Bertz CT molecular complexity index is 659. The number of nitrogens with zero attached hydrogens (tertiary/aromatic N) is 3. The third-order valence-corrected chi connectivity index (χ3v) is 4.63. The summed E-state index contributed by atoms with van der Waals surface area (Å²) in [7, 11) is 0. The summed E-state index contributed by atoms with van der Waals surface area (Å²) in [5.41, 5.74) is 2.81. The van der Waals surface area contributed by atoms with E-state index in [0.717, 1.165) is 36.2 Å². The van der Waals surface area contributed by atoms with E-state index in [9.17, 15) is 0 Å². The standard InChI is InChI=1S/C17H21BrN4/c1-3-12(2)20-17-19-8-6-16(21-17)22-9-7-13-4-5-15(18)10-14(13)11-22/h4-6,8,10,12H,3,7,9,11H2,1-2H3,(H,19,20,21)/t12-/m1/s1. The van der Waals surface area contributed by atoms with Gasteiger partial charge in [-0.05, 0) is 49.1 Å². The van der Waals surface area contributed by atoms with Crippen LogP contribution >= 0.6 is 15.9 Å². The molecule has 0 saturated carbocycles. The third kappa shape index (κ3) is 3.40. The van der Waals surface area contributed by atoms with E-state index in [4.69, 9.17) is 0 Å². The van der Waals surface area contributed by atoms with Crippen LogP contribution in [-0.2, 0) is 13.0 Å². The summed E-state index contributed by atoms with van der Waals surface area (Å²) in [6.07, 6.45) is 3.95. The minimum Gasteiger partial charge on any atom is -0.352 e. The van der Waals surface area contributed by atoms with Gasteiger partial charge in [-0.25, -0.2) is 4.98 Å². The van der Waals surface area contributed by atoms with E-state index in [0.29, 0.717) is 12.0 Å². The molecule has 0 radical (unpaired) electrons. The van der Waals surface area contributed by atoms with Crippen molar-refractivity contribution in [2.24, 2.45) is 0 Å². The molecule has 2 aromatic rings. The average Bonchev–Trinajstić information content (AvgIpc) is 2.54. The van der Waals surface area contributed by atoms with E-state index < -0.39 is 0 Å². The van der Waals surface area contributed by atoms with Gasteiger partial charge >= 0.3 is 0 Å². The number of nitrogens with one attached hydrogen (secondary N) is 1. The van der Waals surface area contributed by atoms with E-state index in [1.54, 1.807) is 0 Å². The Morgan fingerprint density at radius 1 is 1.32 bits per heavy atom. The second-order valence-corrected chi connectivity index (χ2v) is 6.69. The van der Waals surface area contributed by atoms with E-state index in [1.807, 2.05) is 12.3 Å². The second kappa shape index (κ2) is 6.65. The highest BCUT2D eigenvalue weighted by atomic mass is 79.9. The monoisotopic (exact) mass is 360 g/mol. The molecule has 22 heavy (non-hydrogen) atoms. The summed E-state index contributed by atoms with van der Waals surface area (Å²) in [4.78, 5) is 11.3. The van der Waals surface area contributed by atoms with Gasteiger partial charge in [0.15, 0.2) is 0 Å².